The van der Waals surface area contributed by atoms with Crippen molar-refractivity contribution in [3.8, 4) is 11.5 Å². The summed E-state index contributed by atoms with van der Waals surface area (Å²) in [6.07, 6.45) is -7.59. The Morgan fingerprint density at radius 2 is 1.10 bits per heavy atom. The molecular weight excluding hydrogens is 807 g/mol. The van der Waals surface area contributed by atoms with E-state index in [4.69, 9.17) is 33.2 Å². The molecule has 0 unspecified atom stereocenters. The average molecular weight is 850 g/mol. The van der Waals surface area contributed by atoms with E-state index in [0.29, 0.717) is 23.3 Å². The minimum absolute atomic E-state index is 0.139. The van der Waals surface area contributed by atoms with Crippen molar-refractivity contribution in [2.45, 2.75) is 50.2 Å². The lowest BCUT2D eigenvalue weighted by Gasteiger charge is -2.45. The van der Waals surface area contributed by atoms with Gasteiger partial charge in [0.15, 0.2) is 12.2 Å². The first-order chi connectivity index (χ1) is 30.7. The molecule has 7 rings (SSSR count). The molecule has 0 spiro atoms. The zero-order chi connectivity index (χ0) is 44.1. The maximum atomic E-state index is 14.1. The van der Waals surface area contributed by atoms with E-state index < -0.39 is 60.7 Å². The fraction of sp³-hybridized carbons (Fsp3) is 0.180. The maximum absolute atomic E-state index is 14.1. The van der Waals surface area contributed by atoms with Crippen molar-refractivity contribution in [2.75, 3.05) is 7.11 Å². The monoisotopic (exact) mass is 849 g/mol. The van der Waals surface area contributed by atoms with Gasteiger partial charge in [0.25, 0.3) is 0 Å². The van der Waals surface area contributed by atoms with Crippen molar-refractivity contribution in [3.05, 3.63) is 203 Å². The average Bonchev–Trinajstić information content (AvgIpc) is 3.32. The van der Waals surface area contributed by atoms with E-state index in [9.17, 15) is 24.4 Å². The molecule has 1 heterocycles. The molecule has 6 aromatic rings. The zero-order valence-corrected chi connectivity index (χ0v) is 34.2. The molecule has 0 bridgehead atoms. The van der Waals surface area contributed by atoms with Crippen LogP contribution in [0.5, 0.6) is 11.5 Å². The summed E-state index contributed by atoms with van der Waals surface area (Å²) >= 11 is 0. The first kappa shape index (κ1) is 43.3. The first-order valence-electron chi connectivity index (χ1n) is 20.0. The largest absolute Gasteiger partial charge is 0.497 e. The lowest BCUT2D eigenvalue weighted by molar-refractivity contribution is -0.284. The Bertz CT molecular complexity index is 2500. The van der Waals surface area contributed by atoms with Crippen LogP contribution in [0.4, 0.5) is 0 Å². The molecular formula is C50H43NO12. The molecule has 0 saturated carbocycles. The van der Waals surface area contributed by atoms with Crippen molar-refractivity contribution in [1.82, 2.24) is 0 Å². The van der Waals surface area contributed by atoms with Gasteiger partial charge < -0.3 is 38.4 Å². The predicted molar refractivity (Wildman–Crippen MR) is 229 cm³/mol. The molecule has 1 aliphatic heterocycles. The summed E-state index contributed by atoms with van der Waals surface area (Å²) in [5.41, 5.74) is 2.61. The molecule has 63 heavy (non-hydrogen) atoms. The molecule has 0 aromatic heterocycles. The van der Waals surface area contributed by atoms with Crippen LogP contribution in [0.15, 0.2) is 169 Å². The Labute approximate surface area is 363 Å². The van der Waals surface area contributed by atoms with Gasteiger partial charge in [-0.25, -0.2) is 19.2 Å². The number of rotatable bonds is 15. The molecule has 0 radical (unpaired) electrons. The Kier molecular flexibility index (Phi) is 14.2. The smallest absolute Gasteiger partial charge is 0.338 e. The van der Waals surface area contributed by atoms with Crippen LogP contribution in [-0.4, -0.2) is 79.2 Å². The summed E-state index contributed by atoms with van der Waals surface area (Å²) in [6.45, 7) is 1.53. The topological polar surface area (TPSA) is 165 Å². The Morgan fingerprint density at radius 1 is 0.619 bits per heavy atom. The molecule has 6 aromatic carbocycles. The second-order valence-electron chi connectivity index (χ2n) is 14.4. The normalized spacial score (nSPS) is 18.7. The van der Waals surface area contributed by atoms with Crippen molar-refractivity contribution in [2.24, 2.45) is 5.16 Å². The minimum atomic E-state index is -1.65. The van der Waals surface area contributed by atoms with Crippen LogP contribution in [0, 0.1) is 0 Å². The number of nitrogens with zero attached hydrogens (tertiary/aromatic N) is 1. The predicted octanol–water partition coefficient (Wildman–Crippen LogP) is 8.12. The molecule has 320 valence electrons. The van der Waals surface area contributed by atoms with Gasteiger partial charge in [0, 0.05) is 6.42 Å². The summed E-state index contributed by atoms with van der Waals surface area (Å²) in [7, 11) is 1.57. The van der Waals surface area contributed by atoms with Crippen LogP contribution in [0.3, 0.4) is 0 Å². The highest BCUT2D eigenvalue weighted by molar-refractivity contribution is 5.92. The summed E-state index contributed by atoms with van der Waals surface area (Å²) < 4.78 is 43.4. The second kappa shape index (κ2) is 20.7. The van der Waals surface area contributed by atoms with Crippen molar-refractivity contribution < 1.29 is 57.5 Å². The molecule has 6 atom stereocenters. The number of benzene rings is 6. The second-order valence-corrected chi connectivity index (χ2v) is 14.4. The van der Waals surface area contributed by atoms with E-state index in [1.54, 1.807) is 122 Å². The summed E-state index contributed by atoms with van der Waals surface area (Å²) in [6, 6.07) is 45.0. The summed E-state index contributed by atoms with van der Waals surface area (Å²) in [5.74, 6) is -2.37. The fourth-order valence-corrected chi connectivity index (χ4v) is 6.94. The number of carbonyl (C=O) groups is 4. The number of esters is 4. The third-order valence-electron chi connectivity index (χ3n) is 10.1. The van der Waals surface area contributed by atoms with Crippen molar-refractivity contribution in [1.29, 1.82) is 0 Å². The van der Waals surface area contributed by atoms with Crippen LogP contribution >= 0.6 is 0 Å². The number of carbonyl (C=O) groups excluding carboxylic acids is 4. The van der Waals surface area contributed by atoms with Gasteiger partial charge in [-0.2, -0.15) is 0 Å². The molecule has 13 nitrogen and oxygen atoms in total. The lowest BCUT2D eigenvalue weighted by Crippen LogP contribution is -2.65. The Balaban J connectivity index is 1.36. The minimum Gasteiger partial charge on any atom is -0.497 e. The number of hydrogen-bond donors (Lipinski definition) is 1. The van der Waals surface area contributed by atoms with Gasteiger partial charge in [0.2, 0.25) is 12.4 Å². The van der Waals surface area contributed by atoms with Gasteiger partial charge in [0.05, 0.1) is 35.6 Å². The molecule has 0 aliphatic carbocycles. The van der Waals surface area contributed by atoms with E-state index in [0.717, 1.165) is 5.56 Å². The Hall–Kier alpha value is -7.77. The van der Waals surface area contributed by atoms with E-state index in [1.807, 2.05) is 24.3 Å². The van der Waals surface area contributed by atoms with Crippen LogP contribution in [0.2, 0.25) is 0 Å². The zero-order valence-electron chi connectivity index (χ0n) is 34.2. The maximum Gasteiger partial charge on any atom is 0.338 e. The van der Waals surface area contributed by atoms with Gasteiger partial charge in [0.1, 0.15) is 23.7 Å². The van der Waals surface area contributed by atoms with E-state index in [2.05, 4.69) is 5.16 Å². The van der Waals surface area contributed by atoms with E-state index >= 15 is 0 Å². The van der Waals surface area contributed by atoms with Gasteiger partial charge in [-0.15, -0.1) is 0 Å². The Morgan fingerprint density at radius 3 is 1.59 bits per heavy atom. The number of oxime groups is 1. The molecule has 1 aliphatic rings. The quantitative estimate of drug-likeness (QED) is 0.0347. The van der Waals surface area contributed by atoms with E-state index in [1.165, 1.54) is 37.4 Å². The van der Waals surface area contributed by atoms with Gasteiger partial charge in [-0.1, -0.05) is 102 Å². The highest BCUT2D eigenvalue weighted by Crippen LogP contribution is 2.36. The van der Waals surface area contributed by atoms with Crippen LogP contribution < -0.4 is 9.47 Å². The summed E-state index contributed by atoms with van der Waals surface area (Å²) in [5, 5.41) is 12.7. The molecule has 13 heteroatoms. The van der Waals surface area contributed by atoms with Crippen LogP contribution in [0.25, 0.3) is 0 Å². The van der Waals surface area contributed by atoms with E-state index in [-0.39, 0.29) is 28.0 Å². The van der Waals surface area contributed by atoms with Crippen LogP contribution in [-0.2, 0) is 30.1 Å². The fourth-order valence-electron chi connectivity index (χ4n) is 6.94. The number of hydrogen-bond acceptors (Lipinski definition) is 13. The third kappa shape index (κ3) is 11.0. The van der Waals surface area contributed by atoms with Crippen LogP contribution in [0.1, 0.15) is 65.0 Å². The SMILES string of the molecule is COc1ccc(Cc2ccc(/C=N\O)cc2O[C@@H]2O[C@H]([C@@H](C)OC(=O)c3ccccc3)[C@@H](OC(=O)c3ccccc3)[C@H](OC(=O)c3ccccc3)[C@H]2OC(=O)c2ccccc2)cc1. The lowest BCUT2D eigenvalue weighted by atomic mass is 9.94. The molecule has 1 fully saturated rings. The highest BCUT2D eigenvalue weighted by atomic mass is 16.7. The third-order valence-corrected chi connectivity index (χ3v) is 10.1. The molecule has 1 saturated heterocycles. The van der Waals surface area contributed by atoms with Crippen molar-refractivity contribution in [3.63, 3.8) is 0 Å². The van der Waals surface area contributed by atoms with Gasteiger partial charge in [-0.3, -0.25) is 0 Å². The van der Waals surface area contributed by atoms with Gasteiger partial charge in [-0.05, 0) is 90.3 Å². The standard InChI is InChI=1S/C50H43NO12/c1-32(58-46(52)35-15-7-3-8-16-35)42-43(60-47(53)36-17-9-4-10-18-36)44(61-48(54)37-19-11-5-12-20-37)45(62-49(55)38-21-13-6-14-22-38)50(63-42)59-41-30-34(31-51-56)23-26-39(41)29-33-24-27-40(57-2)28-25-33/h3-28,30-32,42-45,50,56H,29H2,1-2H3/b51-31-/t32-,42-,43-,44+,45-,50-/m1/s1. The van der Waals surface area contributed by atoms with Crippen molar-refractivity contribution >= 4 is 30.1 Å². The number of ether oxygens (including phenoxy) is 7. The highest BCUT2D eigenvalue weighted by Gasteiger charge is 2.56. The van der Waals surface area contributed by atoms with Gasteiger partial charge >= 0.3 is 23.9 Å². The number of methoxy groups -OCH3 is 1. The first-order valence-corrected chi connectivity index (χ1v) is 20.0. The molecule has 0 amide bonds. The molecule has 1 N–H and O–H groups in total. The summed E-state index contributed by atoms with van der Waals surface area (Å²) in [4.78, 5) is 55.8.